The molecule has 0 radical (unpaired) electrons. The zero-order chi connectivity index (χ0) is 22.9. The van der Waals surface area contributed by atoms with Gasteiger partial charge in [-0.25, -0.2) is 21.8 Å². The van der Waals surface area contributed by atoms with Gasteiger partial charge in [0.25, 0.3) is 0 Å². The molecule has 1 heterocycles. The summed E-state index contributed by atoms with van der Waals surface area (Å²) in [4.78, 5) is 7.87. The standard InChI is InChI=1S/C23H19N3O4S2/c1-31(27,28)18-11-7-16(8-12-18)9-14-23-24-21-13-10-17(15-22(21)25-23)19-5-3-4-6-20(19)26-32(2,29)30/h3-8,10-13,15,26H,1-2H3,(H,24,25). The zero-order valence-electron chi connectivity index (χ0n) is 17.2. The molecule has 162 valence electrons. The Balaban J connectivity index is 1.65. The number of imidazole rings is 1. The van der Waals surface area contributed by atoms with Crippen LogP contribution in [0.3, 0.4) is 0 Å². The minimum Gasteiger partial charge on any atom is -0.331 e. The highest BCUT2D eigenvalue weighted by Gasteiger charge is 2.10. The van der Waals surface area contributed by atoms with Crippen molar-refractivity contribution in [3.8, 4) is 23.0 Å². The molecule has 0 aliphatic rings. The predicted octanol–water partition coefficient (Wildman–Crippen LogP) is 3.40. The highest BCUT2D eigenvalue weighted by Crippen LogP contribution is 2.30. The third-order valence-corrected chi connectivity index (χ3v) is 6.34. The van der Waals surface area contributed by atoms with Crippen molar-refractivity contribution in [2.45, 2.75) is 4.90 Å². The van der Waals surface area contributed by atoms with Crippen molar-refractivity contribution in [1.29, 1.82) is 0 Å². The normalized spacial score (nSPS) is 11.7. The maximum atomic E-state index is 11.7. The van der Waals surface area contributed by atoms with E-state index < -0.39 is 19.9 Å². The van der Waals surface area contributed by atoms with E-state index in [9.17, 15) is 16.8 Å². The summed E-state index contributed by atoms with van der Waals surface area (Å²) in [5, 5.41) is 0. The first kappa shape index (κ1) is 21.6. The predicted molar refractivity (Wildman–Crippen MR) is 126 cm³/mol. The molecule has 1 aromatic heterocycles. The van der Waals surface area contributed by atoms with Gasteiger partial charge in [0, 0.05) is 17.4 Å². The molecule has 0 bridgehead atoms. The molecule has 0 amide bonds. The van der Waals surface area contributed by atoms with Crippen LogP contribution in [-0.2, 0) is 19.9 Å². The third kappa shape index (κ3) is 4.99. The van der Waals surface area contributed by atoms with Crippen molar-refractivity contribution >= 4 is 36.6 Å². The van der Waals surface area contributed by atoms with E-state index in [4.69, 9.17) is 0 Å². The van der Waals surface area contributed by atoms with Crippen LogP contribution in [0.25, 0.3) is 22.2 Å². The summed E-state index contributed by atoms with van der Waals surface area (Å²) >= 11 is 0. The van der Waals surface area contributed by atoms with Crippen molar-refractivity contribution < 1.29 is 16.8 Å². The quantitative estimate of drug-likeness (QED) is 0.449. The Kier molecular flexibility index (Phi) is 5.50. The molecule has 7 nitrogen and oxygen atoms in total. The Hall–Kier alpha value is -3.61. The summed E-state index contributed by atoms with van der Waals surface area (Å²) in [6.45, 7) is 0. The fourth-order valence-electron chi connectivity index (χ4n) is 3.18. The number of aromatic nitrogens is 2. The van der Waals surface area contributed by atoms with Gasteiger partial charge in [-0.05, 0) is 53.9 Å². The van der Waals surface area contributed by atoms with E-state index >= 15 is 0 Å². The van der Waals surface area contributed by atoms with Crippen LogP contribution in [0, 0.1) is 11.8 Å². The molecule has 0 saturated carbocycles. The molecule has 0 aliphatic heterocycles. The van der Waals surface area contributed by atoms with Crippen molar-refractivity contribution in [2.24, 2.45) is 0 Å². The number of nitrogens with zero attached hydrogens (tertiary/aromatic N) is 1. The van der Waals surface area contributed by atoms with E-state index in [0.29, 0.717) is 17.1 Å². The molecule has 4 rings (SSSR count). The monoisotopic (exact) mass is 465 g/mol. The second kappa shape index (κ2) is 8.15. The number of aromatic amines is 1. The molecule has 0 unspecified atom stereocenters. The lowest BCUT2D eigenvalue weighted by molar-refractivity contribution is 0.601. The summed E-state index contributed by atoms with van der Waals surface area (Å²) < 4.78 is 49.0. The van der Waals surface area contributed by atoms with Crippen LogP contribution in [-0.4, -0.2) is 39.3 Å². The second-order valence-electron chi connectivity index (χ2n) is 7.28. The maximum Gasteiger partial charge on any atom is 0.229 e. The van der Waals surface area contributed by atoms with Gasteiger partial charge in [-0.3, -0.25) is 4.72 Å². The summed E-state index contributed by atoms with van der Waals surface area (Å²) in [6.07, 6.45) is 2.27. The first-order chi connectivity index (χ1) is 15.1. The number of nitrogens with one attached hydrogen (secondary N) is 2. The van der Waals surface area contributed by atoms with Crippen molar-refractivity contribution in [3.05, 3.63) is 78.1 Å². The summed E-state index contributed by atoms with van der Waals surface area (Å²) in [5.41, 5.74) is 4.20. The summed E-state index contributed by atoms with van der Waals surface area (Å²) in [5.74, 6) is 6.38. The summed E-state index contributed by atoms with van der Waals surface area (Å²) in [7, 11) is -6.66. The van der Waals surface area contributed by atoms with Crippen LogP contribution in [0.4, 0.5) is 5.69 Å². The number of rotatable bonds is 4. The molecule has 4 aromatic rings. The average molecular weight is 466 g/mol. The number of sulfone groups is 1. The number of hydrogen-bond acceptors (Lipinski definition) is 5. The number of H-pyrrole nitrogens is 1. The smallest absolute Gasteiger partial charge is 0.229 e. The lowest BCUT2D eigenvalue weighted by Crippen LogP contribution is -2.10. The van der Waals surface area contributed by atoms with Crippen LogP contribution >= 0.6 is 0 Å². The van der Waals surface area contributed by atoms with Crippen LogP contribution in [0.2, 0.25) is 0 Å². The molecule has 3 aromatic carbocycles. The highest BCUT2D eigenvalue weighted by molar-refractivity contribution is 7.92. The Morgan fingerprint density at radius 3 is 2.28 bits per heavy atom. The minimum absolute atomic E-state index is 0.241. The van der Waals surface area contributed by atoms with Gasteiger partial charge in [0.1, 0.15) is 0 Å². The molecule has 0 fully saturated rings. The highest BCUT2D eigenvalue weighted by atomic mass is 32.2. The minimum atomic E-state index is -3.41. The average Bonchev–Trinajstić information content (AvgIpc) is 3.13. The van der Waals surface area contributed by atoms with Crippen molar-refractivity contribution in [3.63, 3.8) is 0 Å². The Labute approximate surface area is 186 Å². The first-order valence-corrected chi connectivity index (χ1v) is 13.3. The van der Waals surface area contributed by atoms with Crippen molar-refractivity contribution in [1.82, 2.24) is 9.97 Å². The van der Waals surface area contributed by atoms with E-state index in [-0.39, 0.29) is 4.90 Å². The number of hydrogen-bond donors (Lipinski definition) is 2. The molecule has 0 saturated heterocycles. The van der Waals surface area contributed by atoms with Crippen LogP contribution in [0.5, 0.6) is 0 Å². The fraction of sp³-hybridized carbons (Fsp3) is 0.0870. The van der Waals surface area contributed by atoms with Gasteiger partial charge in [0.15, 0.2) is 15.7 Å². The molecular weight excluding hydrogens is 446 g/mol. The molecule has 9 heteroatoms. The Morgan fingerprint density at radius 2 is 1.59 bits per heavy atom. The van der Waals surface area contributed by atoms with Gasteiger partial charge in [0.2, 0.25) is 10.0 Å². The molecule has 2 N–H and O–H groups in total. The maximum absolute atomic E-state index is 11.7. The van der Waals surface area contributed by atoms with Crippen LogP contribution < -0.4 is 4.72 Å². The zero-order valence-corrected chi connectivity index (χ0v) is 18.9. The number of benzene rings is 3. The first-order valence-electron chi connectivity index (χ1n) is 9.48. The lowest BCUT2D eigenvalue weighted by Gasteiger charge is -2.10. The molecule has 32 heavy (non-hydrogen) atoms. The van der Waals surface area contributed by atoms with Gasteiger partial charge in [-0.15, -0.1) is 0 Å². The van der Waals surface area contributed by atoms with Gasteiger partial charge >= 0.3 is 0 Å². The van der Waals surface area contributed by atoms with Crippen LogP contribution in [0.1, 0.15) is 11.4 Å². The molecule has 0 atom stereocenters. The van der Waals surface area contributed by atoms with Crippen LogP contribution in [0.15, 0.2) is 71.6 Å². The number of sulfonamides is 1. The third-order valence-electron chi connectivity index (χ3n) is 4.62. The number of para-hydroxylation sites is 1. The fourth-order valence-corrected chi connectivity index (χ4v) is 4.38. The lowest BCUT2D eigenvalue weighted by atomic mass is 10.0. The van der Waals surface area contributed by atoms with E-state index in [1.54, 1.807) is 24.3 Å². The molecular formula is C23H19N3O4S2. The van der Waals surface area contributed by atoms with E-state index in [1.807, 2.05) is 30.3 Å². The number of anilines is 1. The summed E-state index contributed by atoms with van der Waals surface area (Å²) in [6, 6.07) is 19.1. The molecule has 0 spiro atoms. The largest absolute Gasteiger partial charge is 0.331 e. The number of fused-ring (bicyclic) bond motifs is 1. The van der Waals surface area contributed by atoms with E-state index in [1.165, 1.54) is 12.1 Å². The van der Waals surface area contributed by atoms with Gasteiger partial charge in [-0.2, -0.15) is 0 Å². The van der Waals surface area contributed by atoms with E-state index in [2.05, 4.69) is 26.5 Å². The second-order valence-corrected chi connectivity index (χ2v) is 11.0. The van der Waals surface area contributed by atoms with Gasteiger partial charge in [0.05, 0.1) is 27.9 Å². The SMILES string of the molecule is CS(=O)(=O)Nc1ccccc1-c1ccc2nc(C#Cc3ccc(S(C)(=O)=O)cc3)[nH]c2c1. The van der Waals surface area contributed by atoms with E-state index in [0.717, 1.165) is 34.7 Å². The van der Waals surface area contributed by atoms with Gasteiger partial charge in [-0.1, -0.05) is 30.2 Å². The van der Waals surface area contributed by atoms with Crippen molar-refractivity contribution in [2.75, 3.05) is 17.2 Å². The van der Waals surface area contributed by atoms with Gasteiger partial charge < -0.3 is 4.98 Å². The Bertz CT molecular complexity index is 1590. The molecule has 0 aliphatic carbocycles. The Morgan fingerprint density at radius 1 is 0.875 bits per heavy atom. The topological polar surface area (TPSA) is 109 Å².